The third kappa shape index (κ3) is 2.59. The molecule has 0 saturated carbocycles. The molecule has 1 spiro atoms. The molecule has 0 aromatic carbocycles. The fourth-order valence-corrected chi connectivity index (χ4v) is 4.20. The van der Waals surface area contributed by atoms with E-state index in [1.807, 2.05) is 0 Å². The van der Waals surface area contributed by atoms with E-state index >= 15 is 0 Å². The van der Waals surface area contributed by atoms with Gasteiger partial charge in [0.05, 0.1) is 23.4 Å². The second kappa shape index (κ2) is 5.75. The summed E-state index contributed by atoms with van der Waals surface area (Å²) in [6.45, 7) is 4.11. The summed E-state index contributed by atoms with van der Waals surface area (Å²) in [5.74, 6) is -0.280. The minimum absolute atomic E-state index is 0.203. The molecule has 0 amide bonds. The Balaban J connectivity index is 1.91. The second-order valence-electron chi connectivity index (χ2n) is 7.01. The van der Waals surface area contributed by atoms with Gasteiger partial charge in [0.2, 0.25) is 0 Å². The Labute approximate surface area is 131 Å². The summed E-state index contributed by atoms with van der Waals surface area (Å²) in [4.78, 5) is 4.53. The van der Waals surface area contributed by atoms with Gasteiger partial charge in [-0.05, 0) is 45.1 Å². The molecular weight excluding hydrogens is 283 g/mol. The predicted octanol–water partition coefficient (Wildman–Crippen LogP) is 3.33. The smallest absolute Gasteiger partial charge is 0.137 e. The third-order valence-corrected chi connectivity index (χ3v) is 5.78. The average Bonchev–Trinajstić information content (AvgIpc) is 2.51. The highest BCUT2D eigenvalue weighted by atomic mass is 19.1. The summed E-state index contributed by atoms with van der Waals surface area (Å²) in [7, 11) is 0. The largest absolute Gasteiger partial charge is 0.381 e. The van der Waals surface area contributed by atoms with Crippen LogP contribution in [0.3, 0.4) is 0 Å². The molecule has 0 aromatic heterocycles. The van der Waals surface area contributed by atoms with Crippen molar-refractivity contribution in [3.63, 3.8) is 0 Å². The highest BCUT2D eigenvalue weighted by Gasteiger charge is 2.55. The summed E-state index contributed by atoms with van der Waals surface area (Å²) in [6.07, 6.45) is 7.22. The molecule has 5 heteroatoms. The SMILES string of the molecule is CC1([C@]2(CC#N)CCOC3(CCOCC3)C2)CC=C(F)C=N1. The fraction of sp³-hybridized carbons (Fsp3) is 0.765. The maximum Gasteiger partial charge on any atom is 0.137 e. The minimum atomic E-state index is -0.437. The molecule has 2 atom stereocenters. The van der Waals surface area contributed by atoms with Crippen molar-refractivity contribution < 1.29 is 13.9 Å². The van der Waals surface area contributed by atoms with Crippen molar-refractivity contribution in [3.05, 3.63) is 11.9 Å². The topological polar surface area (TPSA) is 54.6 Å². The summed E-state index contributed by atoms with van der Waals surface area (Å²) in [5, 5.41) is 9.41. The van der Waals surface area contributed by atoms with Gasteiger partial charge in [-0.2, -0.15) is 5.26 Å². The lowest BCUT2D eigenvalue weighted by Crippen LogP contribution is -2.56. The van der Waals surface area contributed by atoms with Crippen LogP contribution in [-0.4, -0.2) is 37.2 Å². The van der Waals surface area contributed by atoms with Crippen molar-refractivity contribution >= 4 is 6.21 Å². The number of ether oxygens (including phenoxy) is 2. The summed E-state index contributed by atoms with van der Waals surface area (Å²) in [5.41, 5.74) is -0.899. The van der Waals surface area contributed by atoms with E-state index in [2.05, 4.69) is 18.0 Å². The summed E-state index contributed by atoms with van der Waals surface area (Å²) < 4.78 is 25.0. The zero-order valence-electron chi connectivity index (χ0n) is 13.1. The maximum absolute atomic E-state index is 13.4. The van der Waals surface area contributed by atoms with E-state index in [4.69, 9.17) is 9.47 Å². The fourth-order valence-electron chi connectivity index (χ4n) is 4.20. The predicted molar refractivity (Wildman–Crippen MR) is 81.3 cm³/mol. The molecule has 2 saturated heterocycles. The monoisotopic (exact) mass is 306 g/mol. The Bertz CT molecular complexity index is 528. The number of hydrogen-bond donors (Lipinski definition) is 0. The number of halogens is 1. The molecule has 3 aliphatic heterocycles. The van der Waals surface area contributed by atoms with Gasteiger partial charge in [0, 0.05) is 31.7 Å². The van der Waals surface area contributed by atoms with E-state index in [0.717, 1.165) is 25.7 Å². The molecule has 2 fully saturated rings. The first kappa shape index (κ1) is 15.6. The van der Waals surface area contributed by atoms with Crippen LogP contribution >= 0.6 is 0 Å². The molecule has 3 aliphatic rings. The molecule has 0 radical (unpaired) electrons. The first-order valence-electron chi connectivity index (χ1n) is 8.03. The average molecular weight is 306 g/mol. The van der Waals surface area contributed by atoms with Crippen LogP contribution in [0.5, 0.6) is 0 Å². The van der Waals surface area contributed by atoms with Crippen LogP contribution in [-0.2, 0) is 9.47 Å². The van der Waals surface area contributed by atoms with Crippen LogP contribution in [0, 0.1) is 16.7 Å². The molecule has 120 valence electrons. The highest BCUT2D eigenvalue weighted by Crippen LogP contribution is 2.54. The molecule has 22 heavy (non-hydrogen) atoms. The van der Waals surface area contributed by atoms with E-state index in [1.165, 1.54) is 6.21 Å². The van der Waals surface area contributed by atoms with Gasteiger partial charge in [-0.3, -0.25) is 4.99 Å². The van der Waals surface area contributed by atoms with Crippen LogP contribution < -0.4 is 0 Å². The van der Waals surface area contributed by atoms with Crippen LogP contribution in [0.15, 0.2) is 16.9 Å². The van der Waals surface area contributed by atoms with Crippen molar-refractivity contribution in [2.75, 3.05) is 19.8 Å². The molecule has 3 heterocycles. The van der Waals surface area contributed by atoms with Gasteiger partial charge < -0.3 is 9.47 Å². The summed E-state index contributed by atoms with van der Waals surface area (Å²) in [6, 6.07) is 2.36. The zero-order valence-corrected chi connectivity index (χ0v) is 13.1. The Kier molecular flexibility index (Phi) is 4.09. The second-order valence-corrected chi connectivity index (χ2v) is 7.01. The van der Waals surface area contributed by atoms with Crippen LogP contribution in [0.2, 0.25) is 0 Å². The van der Waals surface area contributed by atoms with Crippen LogP contribution in [0.4, 0.5) is 4.39 Å². The first-order valence-corrected chi connectivity index (χ1v) is 8.03. The van der Waals surface area contributed by atoms with Gasteiger partial charge in [-0.15, -0.1) is 0 Å². The number of hydrogen-bond acceptors (Lipinski definition) is 4. The molecule has 4 nitrogen and oxygen atoms in total. The van der Waals surface area contributed by atoms with Gasteiger partial charge in [-0.25, -0.2) is 4.39 Å². The Morgan fingerprint density at radius 1 is 1.32 bits per heavy atom. The lowest BCUT2D eigenvalue weighted by atomic mass is 9.58. The third-order valence-electron chi connectivity index (χ3n) is 5.78. The van der Waals surface area contributed by atoms with E-state index in [1.54, 1.807) is 6.08 Å². The number of allylic oxidation sites excluding steroid dienone is 1. The van der Waals surface area contributed by atoms with Gasteiger partial charge in [-0.1, -0.05) is 0 Å². The van der Waals surface area contributed by atoms with Gasteiger partial charge >= 0.3 is 0 Å². The number of aliphatic imine (C=N–C) groups is 1. The molecule has 0 aliphatic carbocycles. The van der Waals surface area contributed by atoms with Crippen molar-refractivity contribution in [3.8, 4) is 6.07 Å². The van der Waals surface area contributed by atoms with Crippen molar-refractivity contribution in [1.29, 1.82) is 5.26 Å². The molecule has 3 rings (SSSR count). The number of nitriles is 1. The van der Waals surface area contributed by atoms with Crippen LogP contribution in [0.1, 0.15) is 45.4 Å². The molecule has 0 bridgehead atoms. The molecule has 0 aromatic rings. The van der Waals surface area contributed by atoms with E-state index in [-0.39, 0.29) is 16.8 Å². The molecule has 0 N–H and O–H groups in total. The summed E-state index contributed by atoms with van der Waals surface area (Å²) >= 11 is 0. The van der Waals surface area contributed by atoms with E-state index < -0.39 is 5.54 Å². The van der Waals surface area contributed by atoms with Gasteiger partial charge in [0.15, 0.2) is 0 Å². The lowest BCUT2D eigenvalue weighted by Gasteiger charge is -2.55. The normalized spacial score (nSPS) is 37.6. The van der Waals surface area contributed by atoms with Crippen molar-refractivity contribution in [2.24, 2.45) is 10.4 Å². The van der Waals surface area contributed by atoms with Gasteiger partial charge in [0.1, 0.15) is 5.83 Å². The van der Waals surface area contributed by atoms with E-state index in [9.17, 15) is 9.65 Å². The van der Waals surface area contributed by atoms with Crippen molar-refractivity contribution in [1.82, 2.24) is 0 Å². The Morgan fingerprint density at radius 3 is 2.73 bits per heavy atom. The minimum Gasteiger partial charge on any atom is -0.381 e. The zero-order chi connectivity index (χ0) is 15.7. The molecule has 1 unspecified atom stereocenters. The number of dihydropyridines is 1. The highest BCUT2D eigenvalue weighted by molar-refractivity contribution is 5.77. The number of rotatable bonds is 2. The Hall–Kier alpha value is -1.25. The standard InChI is InChI=1S/C17H23FN2O2/c1-15(3-2-14(18)12-20-15)16(4-8-19)5-11-22-17(13-16)6-9-21-10-7-17/h2,12H,3-7,9-11,13H2,1H3/t15?,16-/m1/s1. The number of nitrogens with zero attached hydrogens (tertiary/aromatic N) is 2. The van der Waals surface area contributed by atoms with Crippen LogP contribution in [0.25, 0.3) is 0 Å². The van der Waals surface area contributed by atoms with E-state index in [0.29, 0.717) is 32.7 Å². The van der Waals surface area contributed by atoms with Crippen molar-refractivity contribution in [2.45, 2.75) is 56.6 Å². The molecular formula is C17H23FN2O2. The van der Waals surface area contributed by atoms with Gasteiger partial charge in [0.25, 0.3) is 0 Å². The first-order chi connectivity index (χ1) is 10.5. The lowest BCUT2D eigenvalue weighted by molar-refractivity contribution is -0.179. The quantitative estimate of drug-likeness (QED) is 0.786. The Morgan fingerprint density at radius 2 is 2.09 bits per heavy atom. The maximum atomic E-state index is 13.4.